The van der Waals surface area contributed by atoms with Gasteiger partial charge in [0.25, 0.3) is 5.69 Å². The van der Waals surface area contributed by atoms with Crippen LogP contribution in [0.25, 0.3) is 0 Å². The Hall–Kier alpha value is -1.46. The summed E-state index contributed by atoms with van der Waals surface area (Å²) in [6.45, 7) is 1.06. The quantitative estimate of drug-likeness (QED) is 0.680. The zero-order chi connectivity index (χ0) is 14.1. The summed E-state index contributed by atoms with van der Waals surface area (Å²) in [5.41, 5.74) is 7.54. The van der Waals surface area contributed by atoms with E-state index in [4.69, 9.17) is 5.73 Å². The molecule has 2 N–H and O–H groups in total. The third-order valence-corrected chi connectivity index (χ3v) is 4.41. The van der Waals surface area contributed by atoms with Crippen molar-refractivity contribution in [2.75, 3.05) is 6.54 Å². The standard InChI is InChI=1S/C15H21N3O2/c16-14-6-1-2-9-17(12-7-8-12)15(14)11-4-3-5-13(10-11)18(19)20/h3-5,10,12,14-15H,1-2,6-9,16H2. The van der Waals surface area contributed by atoms with Gasteiger partial charge in [-0.15, -0.1) is 0 Å². The third kappa shape index (κ3) is 2.69. The smallest absolute Gasteiger partial charge is 0.269 e. The van der Waals surface area contributed by atoms with E-state index in [1.165, 1.54) is 19.3 Å². The van der Waals surface area contributed by atoms with Crippen LogP contribution in [0.15, 0.2) is 24.3 Å². The van der Waals surface area contributed by atoms with Crippen LogP contribution >= 0.6 is 0 Å². The number of nitrogens with zero attached hydrogens (tertiary/aromatic N) is 2. The van der Waals surface area contributed by atoms with Gasteiger partial charge in [0, 0.05) is 24.2 Å². The first kappa shape index (κ1) is 13.5. The molecule has 1 aromatic rings. The minimum atomic E-state index is -0.326. The minimum Gasteiger partial charge on any atom is -0.326 e. The maximum atomic E-state index is 11.0. The van der Waals surface area contributed by atoms with E-state index in [9.17, 15) is 10.1 Å². The molecule has 0 amide bonds. The van der Waals surface area contributed by atoms with Gasteiger partial charge in [-0.2, -0.15) is 0 Å². The molecular weight excluding hydrogens is 254 g/mol. The topological polar surface area (TPSA) is 72.4 Å². The number of non-ortho nitro benzene ring substituents is 1. The fraction of sp³-hybridized carbons (Fsp3) is 0.600. The molecule has 1 aliphatic carbocycles. The molecule has 108 valence electrons. The van der Waals surface area contributed by atoms with Crippen LogP contribution in [-0.2, 0) is 0 Å². The summed E-state index contributed by atoms with van der Waals surface area (Å²) in [5, 5.41) is 11.0. The lowest BCUT2D eigenvalue weighted by Gasteiger charge is -2.33. The number of nitro groups is 1. The number of hydrogen-bond acceptors (Lipinski definition) is 4. The molecule has 1 aliphatic heterocycles. The second-order valence-electron chi connectivity index (χ2n) is 5.93. The number of nitrogens with two attached hydrogens (primary N) is 1. The molecule has 0 aromatic heterocycles. The van der Waals surface area contributed by atoms with E-state index in [1.54, 1.807) is 18.2 Å². The highest BCUT2D eigenvalue weighted by Crippen LogP contribution is 2.39. The van der Waals surface area contributed by atoms with Crippen molar-refractivity contribution >= 4 is 5.69 Å². The summed E-state index contributed by atoms with van der Waals surface area (Å²) >= 11 is 0. The average molecular weight is 275 g/mol. The van der Waals surface area contributed by atoms with Gasteiger partial charge in [0.05, 0.1) is 11.0 Å². The first-order valence-corrected chi connectivity index (χ1v) is 7.42. The first-order chi connectivity index (χ1) is 9.66. The normalized spacial score (nSPS) is 28.1. The summed E-state index contributed by atoms with van der Waals surface area (Å²) in [7, 11) is 0. The molecular formula is C15H21N3O2. The molecule has 2 aliphatic rings. The molecule has 1 saturated carbocycles. The van der Waals surface area contributed by atoms with Crippen molar-refractivity contribution in [2.24, 2.45) is 5.73 Å². The van der Waals surface area contributed by atoms with Crippen LogP contribution in [-0.4, -0.2) is 28.5 Å². The maximum absolute atomic E-state index is 11.0. The lowest BCUT2D eigenvalue weighted by atomic mass is 9.96. The van der Waals surface area contributed by atoms with Crippen LogP contribution in [0.5, 0.6) is 0 Å². The van der Waals surface area contributed by atoms with Crippen molar-refractivity contribution in [2.45, 2.75) is 50.2 Å². The summed E-state index contributed by atoms with van der Waals surface area (Å²) in [6, 6.07) is 7.83. The second-order valence-corrected chi connectivity index (χ2v) is 5.93. The van der Waals surface area contributed by atoms with Crippen molar-refractivity contribution in [3.8, 4) is 0 Å². The Bertz CT molecular complexity index is 502. The molecule has 2 unspecified atom stereocenters. The fourth-order valence-electron chi connectivity index (χ4n) is 3.29. The van der Waals surface area contributed by atoms with Crippen LogP contribution in [0.4, 0.5) is 5.69 Å². The van der Waals surface area contributed by atoms with Gasteiger partial charge in [-0.05, 0) is 37.8 Å². The van der Waals surface area contributed by atoms with Gasteiger partial charge in [0.2, 0.25) is 0 Å². The summed E-state index contributed by atoms with van der Waals surface area (Å²) < 4.78 is 0. The number of likely N-dealkylation sites (tertiary alicyclic amines) is 1. The number of benzene rings is 1. The molecule has 1 aromatic carbocycles. The van der Waals surface area contributed by atoms with Crippen molar-refractivity contribution in [1.82, 2.24) is 4.90 Å². The summed E-state index contributed by atoms with van der Waals surface area (Å²) in [6.07, 6.45) is 5.79. The molecule has 1 heterocycles. The van der Waals surface area contributed by atoms with E-state index in [1.807, 2.05) is 6.07 Å². The Morgan fingerprint density at radius 3 is 2.75 bits per heavy atom. The molecule has 0 spiro atoms. The average Bonchev–Trinajstić information content (AvgIpc) is 3.25. The second kappa shape index (κ2) is 5.50. The molecule has 3 rings (SSSR count). The monoisotopic (exact) mass is 275 g/mol. The van der Waals surface area contributed by atoms with Crippen LogP contribution in [0, 0.1) is 10.1 Å². The Balaban J connectivity index is 1.94. The predicted octanol–water partition coefficient (Wildman–Crippen LogP) is 2.61. The van der Waals surface area contributed by atoms with Gasteiger partial charge < -0.3 is 5.73 Å². The largest absolute Gasteiger partial charge is 0.326 e. The van der Waals surface area contributed by atoms with Gasteiger partial charge in [-0.3, -0.25) is 15.0 Å². The SMILES string of the molecule is NC1CCCCN(C2CC2)C1c1cccc([N+](=O)[O-])c1. The molecule has 5 nitrogen and oxygen atoms in total. The third-order valence-electron chi connectivity index (χ3n) is 4.41. The highest BCUT2D eigenvalue weighted by molar-refractivity contribution is 5.36. The molecule has 1 saturated heterocycles. The zero-order valence-corrected chi connectivity index (χ0v) is 11.6. The van der Waals surface area contributed by atoms with Crippen molar-refractivity contribution in [1.29, 1.82) is 0 Å². The predicted molar refractivity (Wildman–Crippen MR) is 77.4 cm³/mol. The van der Waals surface area contributed by atoms with E-state index in [2.05, 4.69) is 4.90 Å². The number of rotatable bonds is 3. The maximum Gasteiger partial charge on any atom is 0.269 e. The fourth-order valence-corrected chi connectivity index (χ4v) is 3.29. The highest BCUT2D eigenvalue weighted by Gasteiger charge is 2.38. The van der Waals surface area contributed by atoms with Crippen LogP contribution in [0.3, 0.4) is 0 Å². The van der Waals surface area contributed by atoms with Gasteiger partial charge in [-0.25, -0.2) is 0 Å². The van der Waals surface area contributed by atoms with E-state index in [-0.39, 0.29) is 22.7 Å². The highest BCUT2D eigenvalue weighted by atomic mass is 16.6. The van der Waals surface area contributed by atoms with Crippen molar-refractivity contribution < 1.29 is 4.92 Å². The van der Waals surface area contributed by atoms with Gasteiger partial charge in [-0.1, -0.05) is 18.6 Å². The molecule has 20 heavy (non-hydrogen) atoms. The summed E-state index contributed by atoms with van der Waals surface area (Å²) in [4.78, 5) is 13.1. The molecule has 0 bridgehead atoms. The number of nitro benzene ring substituents is 1. The Morgan fingerprint density at radius 2 is 2.05 bits per heavy atom. The Morgan fingerprint density at radius 1 is 1.25 bits per heavy atom. The Kier molecular flexibility index (Phi) is 3.72. The number of hydrogen-bond donors (Lipinski definition) is 1. The van der Waals surface area contributed by atoms with E-state index >= 15 is 0 Å². The zero-order valence-electron chi connectivity index (χ0n) is 11.6. The van der Waals surface area contributed by atoms with Gasteiger partial charge >= 0.3 is 0 Å². The van der Waals surface area contributed by atoms with Crippen LogP contribution < -0.4 is 5.73 Å². The van der Waals surface area contributed by atoms with Crippen molar-refractivity contribution in [3.63, 3.8) is 0 Å². The van der Waals surface area contributed by atoms with Crippen LogP contribution in [0.2, 0.25) is 0 Å². The van der Waals surface area contributed by atoms with Gasteiger partial charge in [0.1, 0.15) is 0 Å². The van der Waals surface area contributed by atoms with E-state index in [0.29, 0.717) is 6.04 Å². The summed E-state index contributed by atoms with van der Waals surface area (Å²) in [5.74, 6) is 0. The lowest BCUT2D eigenvalue weighted by Crippen LogP contribution is -2.41. The van der Waals surface area contributed by atoms with Gasteiger partial charge in [0.15, 0.2) is 0 Å². The molecule has 2 atom stereocenters. The van der Waals surface area contributed by atoms with E-state index in [0.717, 1.165) is 24.9 Å². The Labute approximate surface area is 118 Å². The molecule has 0 radical (unpaired) electrons. The first-order valence-electron chi connectivity index (χ1n) is 7.42. The van der Waals surface area contributed by atoms with E-state index < -0.39 is 0 Å². The lowest BCUT2D eigenvalue weighted by molar-refractivity contribution is -0.385. The minimum absolute atomic E-state index is 0.0695. The molecule has 5 heteroatoms. The molecule has 2 fully saturated rings. The van der Waals surface area contributed by atoms with Crippen LogP contribution in [0.1, 0.15) is 43.7 Å². The van der Waals surface area contributed by atoms with Crippen molar-refractivity contribution in [3.05, 3.63) is 39.9 Å².